The van der Waals surface area contributed by atoms with Gasteiger partial charge in [0.05, 0.1) is 25.1 Å². The Labute approximate surface area is 204 Å². The third-order valence-corrected chi connectivity index (χ3v) is 7.51. The molecule has 1 aliphatic rings. The molecule has 0 radical (unpaired) electrons. The van der Waals surface area contributed by atoms with Crippen LogP contribution in [0.2, 0.25) is 0 Å². The number of nitrogens with zero attached hydrogens (tertiary/aromatic N) is 2. The third-order valence-electron chi connectivity index (χ3n) is 6.32. The number of anilines is 2. The molecule has 1 N–H and O–H groups in total. The number of carbonyl (C=O) groups is 1. The molecule has 1 fully saturated rings. The van der Waals surface area contributed by atoms with Crippen molar-refractivity contribution in [3.05, 3.63) is 54.1 Å². The third kappa shape index (κ3) is 7.13. The number of amides is 1. The minimum absolute atomic E-state index is 0.0930. The molecule has 0 bridgehead atoms. The summed E-state index contributed by atoms with van der Waals surface area (Å²) in [7, 11) is -1.90. The first kappa shape index (κ1) is 25.9. The Bertz CT molecular complexity index is 1040. The van der Waals surface area contributed by atoms with Gasteiger partial charge in [0, 0.05) is 31.7 Å². The fourth-order valence-corrected chi connectivity index (χ4v) is 5.38. The van der Waals surface area contributed by atoms with Crippen LogP contribution < -0.4 is 19.3 Å². The number of nitrogens with one attached hydrogen (secondary N) is 1. The number of hydrogen-bond donors (Lipinski definition) is 1. The Morgan fingerprint density at radius 2 is 1.85 bits per heavy atom. The fraction of sp³-hybridized carbons (Fsp3) is 0.500. The number of sulfonamides is 1. The maximum atomic E-state index is 12.5. The van der Waals surface area contributed by atoms with Crippen molar-refractivity contribution in [3.63, 3.8) is 0 Å². The van der Waals surface area contributed by atoms with Gasteiger partial charge in [-0.3, -0.25) is 9.10 Å². The lowest BCUT2D eigenvalue weighted by Crippen LogP contribution is -2.34. The predicted octanol–water partition coefficient (Wildman–Crippen LogP) is 4.36. The lowest BCUT2D eigenvalue weighted by Gasteiger charge is -2.33. The second-order valence-corrected chi connectivity index (χ2v) is 11.1. The molecule has 3 rings (SSSR count). The highest BCUT2D eigenvalue weighted by Crippen LogP contribution is 2.25. The zero-order valence-corrected chi connectivity index (χ0v) is 21.5. The van der Waals surface area contributed by atoms with Gasteiger partial charge in [-0.1, -0.05) is 19.1 Å². The van der Waals surface area contributed by atoms with Crippen molar-refractivity contribution in [2.45, 2.75) is 45.6 Å². The number of hydrogen-bond acceptors (Lipinski definition) is 5. The van der Waals surface area contributed by atoms with Crippen molar-refractivity contribution in [2.75, 3.05) is 42.2 Å². The Morgan fingerprint density at radius 3 is 2.44 bits per heavy atom. The van der Waals surface area contributed by atoms with Crippen molar-refractivity contribution in [2.24, 2.45) is 5.92 Å². The molecule has 0 aromatic heterocycles. The first-order chi connectivity index (χ1) is 16.2. The van der Waals surface area contributed by atoms with E-state index in [-0.39, 0.29) is 24.9 Å². The first-order valence-corrected chi connectivity index (χ1v) is 13.8. The van der Waals surface area contributed by atoms with E-state index in [1.807, 2.05) is 6.92 Å². The van der Waals surface area contributed by atoms with Crippen LogP contribution in [0.5, 0.6) is 5.75 Å². The van der Waals surface area contributed by atoms with E-state index in [0.717, 1.165) is 24.6 Å². The number of carbonyl (C=O) groups excluding carboxylic acids is 1. The van der Waals surface area contributed by atoms with E-state index in [4.69, 9.17) is 4.74 Å². The summed E-state index contributed by atoms with van der Waals surface area (Å²) in [5, 5.41) is 3.03. The normalized spacial score (nSPS) is 17.2. The van der Waals surface area contributed by atoms with E-state index in [0.29, 0.717) is 17.9 Å². The molecule has 0 spiro atoms. The molecular formula is C26H37N3O4S. The molecule has 0 unspecified atom stereocenters. The molecule has 0 saturated carbocycles. The highest BCUT2D eigenvalue weighted by atomic mass is 32.2. The van der Waals surface area contributed by atoms with E-state index >= 15 is 0 Å². The number of ether oxygens (including phenoxy) is 1. The summed E-state index contributed by atoms with van der Waals surface area (Å²) in [6.45, 7) is 6.68. The zero-order valence-electron chi connectivity index (χ0n) is 20.7. The summed E-state index contributed by atoms with van der Waals surface area (Å²) in [6, 6.07) is 15.2. The summed E-state index contributed by atoms with van der Waals surface area (Å²) in [4.78, 5) is 15.0. The SMILES string of the molecule is COc1ccc(N(CCCC(=O)N[C@H](C)c2ccc(N3CCC[C@H](C)C3)cc2)S(C)(=O)=O)cc1. The molecule has 1 amide bonds. The number of rotatable bonds is 10. The Hall–Kier alpha value is -2.74. The minimum Gasteiger partial charge on any atom is -0.497 e. The lowest BCUT2D eigenvalue weighted by atomic mass is 9.99. The van der Waals surface area contributed by atoms with Crippen LogP contribution in [0.25, 0.3) is 0 Å². The molecule has 2 aromatic rings. The maximum absolute atomic E-state index is 12.5. The van der Waals surface area contributed by atoms with Gasteiger partial charge in [-0.25, -0.2) is 8.42 Å². The standard InChI is InChI=1S/C26H37N3O4S/c1-20-7-5-17-28(19-20)23-11-9-22(10-12-23)21(2)27-26(30)8-6-18-29(34(4,31)32)24-13-15-25(33-3)16-14-24/h9-16,20-21H,5-8,17-19H2,1-4H3,(H,27,30)/t20-,21+/m0/s1. The van der Waals surface area contributed by atoms with Crippen molar-refractivity contribution in [1.29, 1.82) is 0 Å². The molecule has 1 heterocycles. The second-order valence-electron chi connectivity index (χ2n) is 9.21. The van der Waals surface area contributed by atoms with Crippen LogP contribution in [-0.4, -0.2) is 47.3 Å². The highest BCUT2D eigenvalue weighted by molar-refractivity contribution is 7.92. The van der Waals surface area contributed by atoms with Crippen LogP contribution in [-0.2, 0) is 14.8 Å². The topological polar surface area (TPSA) is 79.0 Å². The molecule has 2 aromatic carbocycles. The van der Waals surface area contributed by atoms with Gasteiger partial charge in [0.2, 0.25) is 15.9 Å². The summed E-state index contributed by atoms with van der Waals surface area (Å²) < 4.78 is 31.0. The van der Waals surface area contributed by atoms with E-state index in [9.17, 15) is 13.2 Å². The van der Waals surface area contributed by atoms with E-state index in [2.05, 4.69) is 41.4 Å². The molecular weight excluding hydrogens is 450 g/mol. The average Bonchev–Trinajstić information content (AvgIpc) is 2.81. The van der Waals surface area contributed by atoms with Gasteiger partial charge >= 0.3 is 0 Å². The number of benzene rings is 2. The van der Waals surface area contributed by atoms with Crippen molar-refractivity contribution in [3.8, 4) is 5.75 Å². The van der Waals surface area contributed by atoms with E-state index < -0.39 is 10.0 Å². The molecule has 2 atom stereocenters. The van der Waals surface area contributed by atoms with Gasteiger partial charge in [0.15, 0.2) is 0 Å². The largest absolute Gasteiger partial charge is 0.497 e. The lowest BCUT2D eigenvalue weighted by molar-refractivity contribution is -0.121. The van der Waals surface area contributed by atoms with Gasteiger partial charge in [0.1, 0.15) is 5.75 Å². The molecule has 34 heavy (non-hydrogen) atoms. The van der Waals surface area contributed by atoms with Crippen LogP contribution in [0, 0.1) is 5.92 Å². The molecule has 186 valence electrons. The van der Waals surface area contributed by atoms with Crippen LogP contribution in [0.4, 0.5) is 11.4 Å². The van der Waals surface area contributed by atoms with E-state index in [1.54, 1.807) is 31.4 Å². The minimum atomic E-state index is -3.46. The number of piperidine rings is 1. The van der Waals surface area contributed by atoms with Gasteiger partial charge < -0.3 is 15.0 Å². The molecule has 8 heteroatoms. The zero-order chi connectivity index (χ0) is 24.7. The molecule has 0 aliphatic carbocycles. The predicted molar refractivity (Wildman–Crippen MR) is 138 cm³/mol. The molecule has 1 aliphatic heterocycles. The summed E-state index contributed by atoms with van der Waals surface area (Å²) in [5.41, 5.74) is 2.84. The van der Waals surface area contributed by atoms with Gasteiger partial charge in [0.25, 0.3) is 0 Å². The maximum Gasteiger partial charge on any atom is 0.232 e. The Morgan fingerprint density at radius 1 is 1.18 bits per heavy atom. The van der Waals surface area contributed by atoms with Crippen molar-refractivity contribution >= 4 is 27.3 Å². The first-order valence-electron chi connectivity index (χ1n) is 11.9. The van der Waals surface area contributed by atoms with Crippen LogP contribution >= 0.6 is 0 Å². The molecule has 7 nitrogen and oxygen atoms in total. The van der Waals surface area contributed by atoms with Gasteiger partial charge in [-0.05, 0) is 74.1 Å². The Kier molecular flexibility index (Phi) is 8.83. The van der Waals surface area contributed by atoms with Crippen LogP contribution in [0.1, 0.15) is 51.1 Å². The Balaban J connectivity index is 1.51. The fourth-order valence-electron chi connectivity index (χ4n) is 4.41. The van der Waals surface area contributed by atoms with Crippen molar-refractivity contribution < 1.29 is 17.9 Å². The average molecular weight is 488 g/mol. The van der Waals surface area contributed by atoms with Gasteiger partial charge in [-0.2, -0.15) is 0 Å². The van der Waals surface area contributed by atoms with E-state index in [1.165, 1.54) is 29.1 Å². The molecule has 1 saturated heterocycles. The van der Waals surface area contributed by atoms with Crippen LogP contribution in [0.3, 0.4) is 0 Å². The summed E-state index contributed by atoms with van der Waals surface area (Å²) in [6.07, 6.45) is 4.36. The quantitative estimate of drug-likeness (QED) is 0.539. The number of methoxy groups -OCH3 is 1. The van der Waals surface area contributed by atoms with Crippen LogP contribution in [0.15, 0.2) is 48.5 Å². The highest BCUT2D eigenvalue weighted by Gasteiger charge is 2.19. The van der Waals surface area contributed by atoms with Gasteiger partial charge in [-0.15, -0.1) is 0 Å². The second kappa shape index (κ2) is 11.6. The summed E-state index contributed by atoms with van der Waals surface area (Å²) >= 11 is 0. The monoisotopic (exact) mass is 487 g/mol. The smallest absolute Gasteiger partial charge is 0.232 e. The summed E-state index contributed by atoms with van der Waals surface area (Å²) in [5.74, 6) is 1.28. The van der Waals surface area contributed by atoms with Crippen molar-refractivity contribution in [1.82, 2.24) is 5.32 Å².